The van der Waals surface area contributed by atoms with E-state index >= 15 is 0 Å². The lowest BCUT2D eigenvalue weighted by Gasteiger charge is -2.37. The number of amides is 2. The number of ketones is 1. The zero-order valence-corrected chi connectivity index (χ0v) is 22.7. The maximum absolute atomic E-state index is 13.6. The highest BCUT2D eigenvalue weighted by Gasteiger charge is 2.56. The van der Waals surface area contributed by atoms with Gasteiger partial charge in [-0.3, -0.25) is 14.6 Å². The van der Waals surface area contributed by atoms with Crippen LogP contribution in [0.2, 0.25) is 0 Å². The minimum atomic E-state index is -1.93. The molecule has 1 saturated carbocycles. The molecule has 2 aliphatic heterocycles. The van der Waals surface area contributed by atoms with Crippen molar-refractivity contribution in [2.75, 3.05) is 6.61 Å². The maximum Gasteiger partial charge on any atom is 0.412 e. The second kappa shape index (κ2) is 10.8. The lowest BCUT2D eigenvalue weighted by molar-refractivity contribution is -0.157. The highest BCUT2D eigenvalue weighted by Crippen LogP contribution is 2.40. The summed E-state index contributed by atoms with van der Waals surface area (Å²) in [5, 5.41) is 21.9. The van der Waals surface area contributed by atoms with Gasteiger partial charge in [0, 0.05) is 0 Å². The third kappa shape index (κ3) is 6.14. The van der Waals surface area contributed by atoms with Crippen LogP contribution in [0.4, 0.5) is 9.59 Å². The molecule has 2 amide bonds. The number of carbonyl (C=O) groups is 3. The summed E-state index contributed by atoms with van der Waals surface area (Å²) in [6.07, 6.45) is -0.461. The Balaban J connectivity index is 1.88. The van der Waals surface area contributed by atoms with Crippen LogP contribution in [0.25, 0.3) is 0 Å². The van der Waals surface area contributed by atoms with Crippen LogP contribution >= 0.6 is 0 Å². The quantitative estimate of drug-likeness (QED) is 0.531. The topological polar surface area (TPSA) is 126 Å². The van der Waals surface area contributed by atoms with E-state index in [1.165, 1.54) is 4.90 Å². The van der Waals surface area contributed by atoms with Gasteiger partial charge in [-0.05, 0) is 52.9 Å². The Hall–Kier alpha value is -1.91. The van der Waals surface area contributed by atoms with Crippen LogP contribution in [0.1, 0.15) is 87.0 Å². The minimum Gasteiger partial charge on any atom is -0.447 e. The number of aliphatic hydroxyl groups is 2. The van der Waals surface area contributed by atoms with Gasteiger partial charge in [-0.25, -0.2) is 9.59 Å². The lowest BCUT2D eigenvalue weighted by Crippen LogP contribution is -2.56. The van der Waals surface area contributed by atoms with Crippen LogP contribution in [0.5, 0.6) is 0 Å². The van der Waals surface area contributed by atoms with Crippen molar-refractivity contribution in [2.24, 2.45) is 11.8 Å². The van der Waals surface area contributed by atoms with E-state index in [1.807, 2.05) is 13.8 Å². The normalized spacial score (nSPS) is 28.8. The number of aliphatic hydroxyl groups excluding tert-OH is 2. The Bertz CT molecular complexity index is 817. The van der Waals surface area contributed by atoms with Gasteiger partial charge in [0.15, 0.2) is 18.1 Å². The van der Waals surface area contributed by atoms with Crippen molar-refractivity contribution >= 4 is 18.0 Å². The first-order valence-corrected chi connectivity index (χ1v) is 13.2. The van der Waals surface area contributed by atoms with E-state index in [-0.39, 0.29) is 12.5 Å². The van der Waals surface area contributed by atoms with Crippen LogP contribution in [0, 0.1) is 11.8 Å². The molecular formula is C26H44N2O8. The Kier molecular flexibility index (Phi) is 8.62. The fourth-order valence-electron chi connectivity index (χ4n) is 5.62. The molecule has 206 valence electrons. The number of nitrogens with zero attached hydrogens (tertiary/aromatic N) is 2. The number of carbonyl (C=O) groups excluding carboxylic acids is 3. The Morgan fingerprint density at radius 2 is 1.75 bits per heavy atom. The van der Waals surface area contributed by atoms with Crippen molar-refractivity contribution in [1.29, 1.82) is 0 Å². The van der Waals surface area contributed by atoms with E-state index in [0.29, 0.717) is 12.3 Å². The summed E-state index contributed by atoms with van der Waals surface area (Å²) < 4.78 is 16.9. The summed E-state index contributed by atoms with van der Waals surface area (Å²) in [4.78, 5) is 41.7. The zero-order chi connectivity index (χ0) is 27.0. The van der Waals surface area contributed by atoms with Gasteiger partial charge in [-0.15, -0.1) is 0 Å². The van der Waals surface area contributed by atoms with E-state index in [4.69, 9.17) is 14.2 Å². The average Bonchev–Trinajstić information content (AvgIpc) is 3.28. The first-order chi connectivity index (χ1) is 16.6. The number of hydrogen-bond acceptors (Lipinski definition) is 8. The molecule has 10 nitrogen and oxygen atoms in total. The standard InChI is InChI=1S/C26H44N2O8/c1-15(2)18-14-34-23(32)27(18)22(31)20(30)19(29)21-17(13-16-11-9-8-10-12-16)28(26(6,7)35-21)24(33)36-25(3,4)5/h15-18,20-22,30-31H,8-14H2,1-7H3/t17-,18+,20-,21+,22?/m0/s1. The molecule has 0 spiro atoms. The van der Waals surface area contributed by atoms with Gasteiger partial charge < -0.3 is 24.4 Å². The number of cyclic esters (lactones) is 1. The molecule has 2 saturated heterocycles. The largest absolute Gasteiger partial charge is 0.447 e. The third-order valence-corrected chi connectivity index (χ3v) is 7.42. The predicted molar refractivity (Wildman–Crippen MR) is 131 cm³/mol. The molecule has 0 aromatic rings. The molecule has 0 bridgehead atoms. The Labute approximate surface area is 214 Å². The first-order valence-electron chi connectivity index (χ1n) is 13.2. The maximum atomic E-state index is 13.6. The molecule has 2 heterocycles. The summed E-state index contributed by atoms with van der Waals surface area (Å²) in [6, 6.07) is -1.16. The SMILES string of the molecule is CC(C)[C@H]1COC(=O)N1C(O)[C@@H](O)C(=O)[C@@H]1OC(C)(C)N(C(=O)OC(C)(C)C)[C@H]1CC1CCCCC1. The van der Waals surface area contributed by atoms with Crippen LogP contribution in [0.3, 0.4) is 0 Å². The number of hydrogen-bond donors (Lipinski definition) is 2. The van der Waals surface area contributed by atoms with Crippen molar-refractivity contribution in [3.8, 4) is 0 Å². The lowest BCUT2D eigenvalue weighted by atomic mass is 9.82. The second-order valence-electron chi connectivity index (χ2n) is 12.2. The van der Waals surface area contributed by atoms with Gasteiger partial charge in [0.05, 0.1) is 12.1 Å². The molecule has 5 atom stereocenters. The van der Waals surface area contributed by atoms with Gasteiger partial charge >= 0.3 is 12.2 Å². The summed E-state index contributed by atoms with van der Waals surface area (Å²) in [5.41, 5.74) is -1.93. The summed E-state index contributed by atoms with van der Waals surface area (Å²) in [7, 11) is 0. The molecule has 3 fully saturated rings. The van der Waals surface area contributed by atoms with E-state index in [0.717, 1.165) is 37.0 Å². The van der Waals surface area contributed by atoms with E-state index in [2.05, 4.69) is 0 Å². The molecule has 1 unspecified atom stereocenters. The predicted octanol–water partition coefficient (Wildman–Crippen LogP) is 3.42. The number of ether oxygens (including phenoxy) is 3. The van der Waals surface area contributed by atoms with Gasteiger partial charge in [-0.2, -0.15) is 0 Å². The van der Waals surface area contributed by atoms with Gasteiger partial charge in [0.1, 0.15) is 24.0 Å². The molecule has 1 aliphatic carbocycles. The van der Waals surface area contributed by atoms with Crippen LogP contribution in [-0.4, -0.2) is 86.4 Å². The van der Waals surface area contributed by atoms with Gasteiger partial charge in [0.25, 0.3) is 0 Å². The molecule has 3 rings (SSSR count). The zero-order valence-electron chi connectivity index (χ0n) is 22.7. The van der Waals surface area contributed by atoms with Crippen molar-refractivity contribution in [2.45, 2.75) is 129 Å². The molecule has 36 heavy (non-hydrogen) atoms. The third-order valence-electron chi connectivity index (χ3n) is 7.42. The minimum absolute atomic E-state index is 0.0585. The second-order valence-corrected chi connectivity index (χ2v) is 12.2. The first kappa shape index (κ1) is 28.7. The van der Waals surface area contributed by atoms with Crippen LogP contribution < -0.4 is 0 Å². The molecule has 10 heteroatoms. The molecule has 3 aliphatic rings. The molecule has 2 N–H and O–H groups in total. The number of rotatable bonds is 7. The molecule has 0 radical (unpaired) electrons. The van der Waals surface area contributed by atoms with E-state index in [1.54, 1.807) is 34.6 Å². The van der Waals surface area contributed by atoms with Crippen LogP contribution in [-0.2, 0) is 19.0 Å². The highest BCUT2D eigenvalue weighted by atomic mass is 16.6. The summed E-state index contributed by atoms with van der Waals surface area (Å²) in [6.45, 7) is 12.5. The Morgan fingerprint density at radius 1 is 1.14 bits per heavy atom. The number of Topliss-reactive ketones (excluding diaryl/α,β-unsaturated/α-hetero) is 1. The molecule has 0 aromatic carbocycles. The molecular weight excluding hydrogens is 468 g/mol. The van der Waals surface area contributed by atoms with Crippen molar-refractivity contribution < 1.29 is 38.8 Å². The van der Waals surface area contributed by atoms with E-state index in [9.17, 15) is 24.6 Å². The highest BCUT2D eigenvalue weighted by molar-refractivity contribution is 5.90. The molecule has 0 aromatic heterocycles. The van der Waals surface area contributed by atoms with Gasteiger partial charge in [0.2, 0.25) is 0 Å². The monoisotopic (exact) mass is 512 g/mol. The average molecular weight is 513 g/mol. The van der Waals surface area contributed by atoms with Crippen LogP contribution in [0.15, 0.2) is 0 Å². The summed E-state index contributed by atoms with van der Waals surface area (Å²) >= 11 is 0. The smallest absolute Gasteiger partial charge is 0.412 e. The fourth-order valence-corrected chi connectivity index (χ4v) is 5.62. The van der Waals surface area contributed by atoms with Crippen molar-refractivity contribution in [1.82, 2.24) is 9.80 Å². The van der Waals surface area contributed by atoms with Crippen molar-refractivity contribution in [3.05, 3.63) is 0 Å². The van der Waals surface area contributed by atoms with Crippen molar-refractivity contribution in [3.63, 3.8) is 0 Å². The fraction of sp³-hybridized carbons (Fsp3) is 0.885. The Morgan fingerprint density at radius 3 is 2.31 bits per heavy atom. The summed E-state index contributed by atoms with van der Waals surface area (Å²) in [5.74, 6) is -0.538. The van der Waals surface area contributed by atoms with Gasteiger partial charge in [-0.1, -0.05) is 46.0 Å². The van der Waals surface area contributed by atoms with E-state index < -0.39 is 59.8 Å².